The van der Waals surface area contributed by atoms with Crippen molar-refractivity contribution in [2.45, 2.75) is 76.7 Å². The number of aliphatic hydroxyl groups excluding tert-OH is 1. The molecule has 13 heteroatoms. The Labute approximate surface area is 289 Å². The van der Waals surface area contributed by atoms with Crippen LogP contribution in [0.15, 0.2) is 60.2 Å². The van der Waals surface area contributed by atoms with E-state index in [1.165, 1.54) is 30.5 Å². The maximum Gasteiger partial charge on any atom is 0.416 e. The Kier molecular flexibility index (Phi) is 13.3. The molecule has 268 valence electrons. The number of carboxylic acids is 2. The first-order valence-corrected chi connectivity index (χ1v) is 17.0. The number of halogens is 4. The van der Waals surface area contributed by atoms with Crippen LogP contribution in [0.1, 0.15) is 74.7 Å². The highest BCUT2D eigenvalue weighted by molar-refractivity contribution is 6.31. The molecule has 49 heavy (non-hydrogen) atoms. The second kappa shape index (κ2) is 17.0. The van der Waals surface area contributed by atoms with Crippen LogP contribution in [0.4, 0.5) is 13.2 Å². The van der Waals surface area contributed by atoms with Gasteiger partial charge in [0.05, 0.1) is 17.4 Å². The van der Waals surface area contributed by atoms with Crippen molar-refractivity contribution in [2.75, 3.05) is 32.7 Å². The summed E-state index contributed by atoms with van der Waals surface area (Å²) in [6.07, 6.45) is 2.38. The second-order valence-corrected chi connectivity index (χ2v) is 13.8. The number of likely N-dealkylation sites (tertiary alicyclic amines) is 2. The first-order chi connectivity index (χ1) is 23.2. The molecule has 3 atom stereocenters. The van der Waals surface area contributed by atoms with Crippen LogP contribution >= 0.6 is 11.6 Å². The van der Waals surface area contributed by atoms with Crippen molar-refractivity contribution in [2.24, 2.45) is 11.3 Å². The van der Waals surface area contributed by atoms with Crippen molar-refractivity contribution in [3.8, 4) is 0 Å². The van der Waals surface area contributed by atoms with Crippen molar-refractivity contribution >= 4 is 29.4 Å². The van der Waals surface area contributed by atoms with E-state index in [1.807, 2.05) is 0 Å². The van der Waals surface area contributed by atoms with E-state index >= 15 is 0 Å². The Bertz CT molecular complexity index is 1480. The standard InChI is InChI=1S/C28H37ClF3N3O3.C8H8O3/c1-19-15-35(17-22-23(28(30,31)32)8-5-9-24(22)29)18-27(19,14-25(36)37)26(38)33-21-10-12-34(13-11-21)16-20-6-3-2-4-7-20;9-7(8(10)11)6-4-2-1-3-5-6/h5-6,8-9,19,21H,2-4,7,10-18H2,1H3,(H,33,38)(H,36,37);1-5,7,9H,(H,10,11)/t19-,27+;7-/m00/s1. The summed E-state index contributed by atoms with van der Waals surface area (Å²) in [7, 11) is 0. The summed E-state index contributed by atoms with van der Waals surface area (Å²) in [5.74, 6) is -3.00. The zero-order valence-electron chi connectivity index (χ0n) is 27.6. The summed E-state index contributed by atoms with van der Waals surface area (Å²) >= 11 is 6.16. The summed E-state index contributed by atoms with van der Waals surface area (Å²) in [5, 5.41) is 30.2. The molecule has 5 rings (SSSR count). The molecule has 4 N–H and O–H groups in total. The van der Waals surface area contributed by atoms with Gasteiger partial charge in [-0.15, -0.1) is 0 Å². The normalized spacial score (nSPS) is 22.8. The Balaban J connectivity index is 0.000000418. The Morgan fingerprint density at radius 2 is 1.69 bits per heavy atom. The Morgan fingerprint density at radius 3 is 2.29 bits per heavy atom. The van der Waals surface area contributed by atoms with Crippen molar-refractivity contribution in [3.63, 3.8) is 0 Å². The lowest BCUT2D eigenvalue weighted by Crippen LogP contribution is -2.53. The highest BCUT2D eigenvalue weighted by Gasteiger charge is 2.52. The fourth-order valence-corrected chi connectivity index (χ4v) is 7.30. The number of nitrogens with one attached hydrogen (secondary N) is 1. The van der Waals surface area contributed by atoms with Crippen molar-refractivity contribution < 1.29 is 42.9 Å². The van der Waals surface area contributed by atoms with E-state index in [-0.39, 0.29) is 48.0 Å². The minimum absolute atomic E-state index is 0.00316. The third kappa shape index (κ3) is 10.3. The molecule has 0 saturated carbocycles. The summed E-state index contributed by atoms with van der Waals surface area (Å²) in [6, 6.07) is 11.9. The molecule has 2 aromatic carbocycles. The molecule has 9 nitrogen and oxygen atoms in total. The van der Waals surface area contributed by atoms with Crippen molar-refractivity contribution in [1.82, 2.24) is 15.1 Å². The first-order valence-electron chi connectivity index (χ1n) is 16.7. The number of amides is 1. The number of hydrogen-bond acceptors (Lipinski definition) is 6. The predicted octanol–water partition coefficient (Wildman–Crippen LogP) is 6.16. The molecule has 0 radical (unpaired) electrons. The minimum Gasteiger partial charge on any atom is -0.481 e. The monoisotopic (exact) mass is 707 g/mol. The van der Waals surface area contributed by atoms with Gasteiger partial charge < -0.3 is 20.6 Å². The van der Waals surface area contributed by atoms with Crippen LogP contribution in [0.2, 0.25) is 5.02 Å². The van der Waals surface area contributed by atoms with Crippen molar-refractivity contribution in [3.05, 3.63) is 81.9 Å². The number of aliphatic hydroxyl groups is 1. The van der Waals surface area contributed by atoms with E-state index in [0.717, 1.165) is 51.4 Å². The fourth-order valence-electron chi connectivity index (χ4n) is 7.06. The van der Waals surface area contributed by atoms with E-state index in [9.17, 15) is 32.7 Å². The van der Waals surface area contributed by atoms with Gasteiger partial charge in [-0.05, 0) is 67.7 Å². The van der Waals surface area contributed by atoms with E-state index in [0.29, 0.717) is 12.1 Å². The number of alkyl halides is 3. The van der Waals surface area contributed by atoms with E-state index in [1.54, 1.807) is 42.2 Å². The highest BCUT2D eigenvalue weighted by atomic mass is 35.5. The minimum atomic E-state index is -4.57. The van der Waals surface area contributed by atoms with E-state index in [4.69, 9.17) is 21.8 Å². The van der Waals surface area contributed by atoms with Gasteiger partial charge in [-0.1, -0.05) is 66.6 Å². The van der Waals surface area contributed by atoms with E-state index in [2.05, 4.69) is 16.3 Å². The molecule has 1 amide bonds. The lowest BCUT2D eigenvalue weighted by atomic mass is 9.75. The number of aliphatic carboxylic acids is 2. The molecule has 2 aromatic rings. The smallest absolute Gasteiger partial charge is 0.416 e. The van der Waals surface area contributed by atoms with Crippen LogP contribution in [0.5, 0.6) is 0 Å². The van der Waals surface area contributed by atoms with Crippen LogP contribution in [0.3, 0.4) is 0 Å². The first kappa shape index (κ1) is 38.4. The fraction of sp³-hybridized carbons (Fsp3) is 0.528. The number of hydrogen-bond donors (Lipinski definition) is 4. The molecule has 0 bridgehead atoms. The van der Waals surface area contributed by atoms with Gasteiger partial charge in [-0.2, -0.15) is 13.2 Å². The molecule has 0 spiro atoms. The second-order valence-electron chi connectivity index (χ2n) is 13.3. The van der Waals surface area contributed by atoms with Crippen molar-refractivity contribution in [1.29, 1.82) is 0 Å². The van der Waals surface area contributed by atoms with Gasteiger partial charge in [0, 0.05) is 50.3 Å². The summed E-state index contributed by atoms with van der Waals surface area (Å²) in [5.41, 5.74) is -0.198. The molecule has 1 aliphatic carbocycles. The average molecular weight is 708 g/mol. The maximum absolute atomic E-state index is 13.6. The number of allylic oxidation sites excluding steroid dienone is 1. The molecule has 3 aliphatic rings. The van der Waals surface area contributed by atoms with Crippen LogP contribution in [-0.4, -0.2) is 81.7 Å². The molecule has 0 aromatic heterocycles. The Morgan fingerprint density at radius 1 is 1.00 bits per heavy atom. The van der Waals surface area contributed by atoms with Gasteiger partial charge in [-0.3, -0.25) is 19.4 Å². The van der Waals surface area contributed by atoms with Crippen LogP contribution in [0, 0.1) is 11.3 Å². The molecule has 2 fully saturated rings. The molecule has 0 unspecified atom stereocenters. The third-order valence-electron chi connectivity index (χ3n) is 9.79. The quantitative estimate of drug-likeness (QED) is 0.216. The summed E-state index contributed by atoms with van der Waals surface area (Å²) < 4.78 is 40.9. The van der Waals surface area contributed by atoms with Crippen LogP contribution < -0.4 is 5.32 Å². The van der Waals surface area contributed by atoms with E-state index < -0.39 is 35.2 Å². The third-order valence-corrected chi connectivity index (χ3v) is 10.1. The number of carbonyl (C=O) groups excluding carboxylic acids is 1. The topological polar surface area (TPSA) is 130 Å². The molecule has 2 aliphatic heterocycles. The van der Waals surface area contributed by atoms with Gasteiger partial charge in [0.1, 0.15) is 0 Å². The predicted molar refractivity (Wildman–Crippen MR) is 179 cm³/mol. The molecule has 2 heterocycles. The van der Waals surface area contributed by atoms with Crippen LogP contribution in [0.25, 0.3) is 0 Å². The van der Waals surface area contributed by atoms with Gasteiger partial charge in [0.25, 0.3) is 0 Å². The number of carboxylic acid groups (broad SMARTS) is 2. The van der Waals surface area contributed by atoms with Gasteiger partial charge in [0.2, 0.25) is 5.91 Å². The highest BCUT2D eigenvalue weighted by Crippen LogP contribution is 2.42. The number of rotatable bonds is 10. The van der Waals surface area contributed by atoms with Gasteiger partial charge in [0.15, 0.2) is 6.10 Å². The summed E-state index contributed by atoms with van der Waals surface area (Å²) in [6.45, 7) is 4.75. The van der Waals surface area contributed by atoms with Gasteiger partial charge in [-0.25, -0.2) is 4.79 Å². The number of piperidine rings is 1. The number of nitrogens with zero attached hydrogens (tertiary/aromatic N) is 2. The largest absolute Gasteiger partial charge is 0.481 e. The average Bonchev–Trinajstić information content (AvgIpc) is 3.37. The van der Waals surface area contributed by atoms with Gasteiger partial charge >= 0.3 is 18.1 Å². The number of carbonyl (C=O) groups is 3. The number of benzene rings is 2. The maximum atomic E-state index is 13.6. The SMILES string of the molecule is C[C@H]1CN(Cc2c(Cl)cccc2C(F)(F)F)C[C@@]1(CC(=O)O)C(=O)NC1CCN(CC2=CCCCC2)CC1.O=C(O)[C@@H](O)c1ccccc1. The molecule has 2 saturated heterocycles. The lowest BCUT2D eigenvalue weighted by molar-refractivity contribution is -0.147. The zero-order chi connectivity index (χ0) is 35.8. The van der Waals surface area contributed by atoms with Crippen LogP contribution in [-0.2, 0) is 27.1 Å². The summed E-state index contributed by atoms with van der Waals surface area (Å²) in [4.78, 5) is 39.9. The molecular weight excluding hydrogens is 663 g/mol. The Hall–Kier alpha value is -3.45. The lowest BCUT2D eigenvalue weighted by Gasteiger charge is -2.36. The zero-order valence-corrected chi connectivity index (χ0v) is 28.3. The molecular formula is C36H45ClF3N3O6.